The zero-order chi connectivity index (χ0) is 10.5. The molecule has 1 amide bonds. The van der Waals surface area contributed by atoms with Crippen molar-refractivity contribution in [3.8, 4) is 0 Å². The number of carbonyl (C=O) groups is 1. The SMILES string of the molecule is CC(C)COP(C)(=O)OCC(N)=O. The molecule has 1 atom stereocenters. The lowest BCUT2D eigenvalue weighted by atomic mass is 10.2. The number of amides is 1. The van der Waals surface area contributed by atoms with Crippen LogP contribution in [0.1, 0.15) is 13.8 Å². The molecule has 0 saturated heterocycles. The molecule has 0 aliphatic heterocycles. The summed E-state index contributed by atoms with van der Waals surface area (Å²) in [6.07, 6.45) is 0. The van der Waals surface area contributed by atoms with Crippen LogP contribution >= 0.6 is 7.60 Å². The van der Waals surface area contributed by atoms with E-state index in [2.05, 4.69) is 0 Å². The Balaban J connectivity index is 3.80. The Morgan fingerprint density at radius 2 is 2.00 bits per heavy atom. The van der Waals surface area contributed by atoms with Crippen molar-refractivity contribution in [1.29, 1.82) is 0 Å². The van der Waals surface area contributed by atoms with Crippen molar-refractivity contribution in [2.24, 2.45) is 11.7 Å². The first-order valence-corrected chi connectivity index (χ1v) is 5.97. The quantitative estimate of drug-likeness (QED) is 0.661. The van der Waals surface area contributed by atoms with Crippen LogP contribution in [0.5, 0.6) is 0 Å². The van der Waals surface area contributed by atoms with E-state index in [1.807, 2.05) is 13.8 Å². The van der Waals surface area contributed by atoms with Crippen molar-refractivity contribution in [3.05, 3.63) is 0 Å². The van der Waals surface area contributed by atoms with Crippen LogP contribution in [0.3, 0.4) is 0 Å². The maximum atomic E-state index is 11.4. The van der Waals surface area contributed by atoms with E-state index in [-0.39, 0.29) is 12.5 Å². The van der Waals surface area contributed by atoms with Crippen LogP contribution in [0.25, 0.3) is 0 Å². The molecular formula is C7H16NO4P. The third-order valence-corrected chi connectivity index (χ3v) is 2.30. The molecule has 0 aliphatic rings. The molecule has 13 heavy (non-hydrogen) atoms. The van der Waals surface area contributed by atoms with Crippen LogP contribution in [-0.4, -0.2) is 25.8 Å². The Kier molecular flexibility index (Phi) is 5.21. The minimum atomic E-state index is -3.10. The van der Waals surface area contributed by atoms with Gasteiger partial charge in [-0.2, -0.15) is 0 Å². The van der Waals surface area contributed by atoms with Gasteiger partial charge in [-0.25, -0.2) is 0 Å². The van der Waals surface area contributed by atoms with Gasteiger partial charge >= 0.3 is 7.60 Å². The predicted molar refractivity (Wildman–Crippen MR) is 49.5 cm³/mol. The maximum absolute atomic E-state index is 11.4. The van der Waals surface area contributed by atoms with E-state index in [0.29, 0.717) is 6.61 Å². The fourth-order valence-electron chi connectivity index (χ4n) is 0.503. The largest absolute Gasteiger partial charge is 0.368 e. The van der Waals surface area contributed by atoms with Crippen LogP contribution in [0.15, 0.2) is 0 Å². The average molecular weight is 209 g/mol. The van der Waals surface area contributed by atoms with E-state index in [4.69, 9.17) is 14.8 Å². The molecular weight excluding hydrogens is 193 g/mol. The first-order valence-electron chi connectivity index (χ1n) is 3.98. The number of primary amides is 1. The monoisotopic (exact) mass is 209 g/mol. The van der Waals surface area contributed by atoms with Crippen LogP contribution in [-0.2, 0) is 18.4 Å². The molecule has 0 bridgehead atoms. The van der Waals surface area contributed by atoms with Gasteiger partial charge in [0, 0.05) is 6.66 Å². The van der Waals surface area contributed by atoms with Crippen molar-refractivity contribution < 1.29 is 18.4 Å². The molecule has 0 spiro atoms. The van der Waals surface area contributed by atoms with Crippen LogP contribution in [0.4, 0.5) is 0 Å². The van der Waals surface area contributed by atoms with E-state index < -0.39 is 13.5 Å². The van der Waals surface area contributed by atoms with Gasteiger partial charge < -0.3 is 10.3 Å². The van der Waals surface area contributed by atoms with Gasteiger partial charge in [0.25, 0.3) is 0 Å². The molecule has 0 aromatic rings. The van der Waals surface area contributed by atoms with Gasteiger partial charge in [0.05, 0.1) is 6.61 Å². The smallest absolute Gasteiger partial charge is 0.328 e. The molecule has 0 aromatic carbocycles. The highest BCUT2D eigenvalue weighted by Crippen LogP contribution is 2.43. The van der Waals surface area contributed by atoms with Crippen molar-refractivity contribution in [2.45, 2.75) is 13.8 Å². The Morgan fingerprint density at radius 1 is 1.46 bits per heavy atom. The van der Waals surface area contributed by atoms with Crippen LogP contribution < -0.4 is 5.73 Å². The van der Waals surface area contributed by atoms with E-state index in [1.54, 1.807) is 0 Å². The zero-order valence-electron chi connectivity index (χ0n) is 8.15. The summed E-state index contributed by atoms with van der Waals surface area (Å²) in [6, 6.07) is 0. The molecule has 0 saturated carbocycles. The predicted octanol–water partition coefficient (Wildman–Crippen LogP) is 0.984. The second kappa shape index (κ2) is 5.37. The fraction of sp³-hybridized carbons (Fsp3) is 0.857. The summed E-state index contributed by atoms with van der Waals surface area (Å²) in [5, 5.41) is 0. The summed E-state index contributed by atoms with van der Waals surface area (Å²) in [7, 11) is -3.10. The third kappa shape index (κ3) is 7.96. The van der Waals surface area contributed by atoms with Crippen molar-refractivity contribution in [1.82, 2.24) is 0 Å². The molecule has 0 aromatic heterocycles. The number of hydrogen-bond donors (Lipinski definition) is 1. The second-order valence-electron chi connectivity index (χ2n) is 3.20. The van der Waals surface area contributed by atoms with Gasteiger partial charge in [-0.1, -0.05) is 13.8 Å². The first-order chi connectivity index (χ1) is 5.83. The standard InChI is InChI=1S/C7H16NO4P/c1-6(2)4-11-13(3,10)12-5-7(8)9/h6H,4-5H2,1-3H3,(H2,8,9). The maximum Gasteiger partial charge on any atom is 0.328 e. The lowest BCUT2D eigenvalue weighted by Gasteiger charge is -2.14. The van der Waals surface area contributed by atoms with E-state index in [1.165, 1.54) is 6.66 Å². The summed E-state index contributed by atoms with van der Waals surface area (Å²) in [4.78, 5) is 10.3. The van der Waals surface area contributed by atoms with Gasteiger partial charge in [-0.05, 0) is 5.92 Å². The Bertz CT molecular complexity index is 217. The van der Waals surface area contributed by atoms with Crippen molar-refractivity contribution >= 4 is 13.5 Å². The summed E-state index contributed by atoms with van der Waals surface area (Å²) in [5.41, 5.74) is 4.81. The lowest BCUT2D eigenvalue weighted by Crippen LogP contribution is -2.17. The summed E-state index contributed by atoms with van der Waals surface area (Å²) in [5.74, 6) is -0.388. The molecule has 0 fully saturated rings. The highest BCUT2D eigenvalue weighted by molar-refractivity contribution is 7.53. The highest BCUT2D eigenvalue weighted by atomic mass is 31.2. The zero-order valence-corrected chi connectivity index (χ0v) is 9.04. The minimum absolute atomic E-state index is 0.269. The van der Waals surface area contributed by atoms with Crippen molar-refractivity contribution in [3.63, 3.8) is 0 Å². The molecule has 5 nitrogen and oxygen atoms in total. The van der Waals surface area contributed by atoms with Gasteiger partial charge in [-0.3, -0.25) is 13.9 Å². The first kappa shape index (κ1) is 12.6. The molecule has 0 aliphatic carbocycles. The number of hydrogen-bond acceptors (Lipinski definition) is 4. The van der Waals surface area contributed by atoms with E-state index >= 15 is 0 Å². The molecule has 0 radical (unpaired) electrons. The fourth-order valence-corrected chi connectivity index (χ4v) is 1.51. The second-order valence-corrected chi connectivity index (χ2v) is 5.26. The molecule has 2 N–H and O–H groups in total. The summed E-state index contributed by atoms with van der Waals surface area (Å²) in [6.45, 7) is 5.14. The van der Waals surface area contributed by atoms with Gasteiger partial charge in [0.1, 0.15) is 6.61 Å². The van der Waals surface area contributed by atoms with Gasteiger partial charge in [0.15, 0.2) is 0 Å². The average Bonchev–Trinajstić information content (AvgIpc) is 1.98. The Morgan fingerprint density at radius 3 is 2.38 bits per heavy atom. The molecule has 78 valence electrons. The van der Waals surface area contributed by atoms with E-state index in [0.717, 1.165) is 0 Å². The normalized spacial score (nSPS) is 15.7. The number of nitrogens with two attached hydrogens (primary N) is 1. The molecule has 6 heteroatoms. The molecule has 0 heterocycles. The van der Waals surface area contributed by atoms with E-state index in [9.17, 15) is 9.36 Å². The number of rotatable bonds is 6. The minimum Gasteiger partial charge on any atom is -0.368 e. The lowest BCUT2D eigenvalue weighted by molar-refractivity contribution is -0.120. The van der Waals surface area contributed by atoms with Gasteiger partial charge in [-0.15, -0.1) is 0 Å². The van der Waals surface area contributed by atoms with Crippen LogP contribution in [0.2, 0.25) is 0 Å². The number of carbonyl (C=O) groups excluding carboxylic acids is 1. The Hall–Kier alpha value is -0.380. The topological polar surface area (TPSA) is 78.6 Å². The highest BCUT2D eigenvalue weighted by Gasteiger charge is 2.18. The summed E-state index contributed by atoms with van der Waals surface area (Å²) >= 11 is 0. The summed E-state index contributed by atoms with van der Waals surface area (Å²) < 4.78 is 21.0. The molecule has 0 rings (SSSR count). The van der Waals surface area contributed by atoms with Gasteiger partial charge in [0.2, 0.25) is 5.91 Å². The third-order valence-electron chi connectivity index (χ3n) is 1.08. The van der Waals surface area contributed by atoms with Crippen molar-refractivity contribution in [2.75, 3.05) is 19.9 Å². The Labute approximate surface area is 78.1 Å². The molecule has 1 unspecified atom stereocenters. The van der Waals surface area contributed by atoms with Crippen LogP contribution in [0, 0.1) is 5.92 Å².